The van der Waals surface area contributed by atoms with Gasteiger partial charge in [-0.05, 0) is 62.2 Å². The van der Waals surface area contributed by atoms with Crippen molar-refractivity contribution < 1.29 is 34.4 Å². The second-order valence-corrected chi connectivity index (χ2v) is 10.7. The summed E-state index contributed by atoms with van der Waals surface area (Å²) >= 11 is 0. The van der Waals surface area contributed by atoms with E-state index < -0.39 is 40.5 Å². The van der Waals surface area contributed by atoms with Crippen LogP contribution in [0.4, 0.5) is 0 Å². The van der Waals surface area contributed by atoms with Crippen molar-refractivity contribution in [3.8, 4) is 0 Å². The highest BCUT2D eigenvalue weighted by molar-refractivity contribution is 5.92. The molecule has 2 saturated carbocycles. The number of carbonyl (C=O) groups excluding carboxylic acids is 2. The highest BCUT2D eigenvalue weighted by atomic mass is 16.6. The van der Waals surface area contributed by atoms with Crippen LogP contribution >= 0.6 is 0 Å². The van der Waals surface area contributed by atoms with Gasteiger partial charge < -0.3 is 24.8 Å². The molecule has 9 unspecified atom stereocenters. The SMILES string of the molecule is CC1=CC2(O)C(O)(OC1)C(C)C1CCC(C)C1C2(O)C(=O)C(C)CCC1OC(=O)C=C1C. The van der Waals surface area contributed by atoms with Gasteiger partial charge in [-0.25, -0.2) is 4.79 Å². The maximum absolute atomic E-state index is 13.9. The first kappa shape index (κ1) is 23.6. The summed E-state index contributed by atoms with van der Waals surface area (Å²) < 4.78 is 11.1. The van der Waals surface area contributed by atoms with Crippen LogP contribution in [0.15, 0.2) is 23.3 Å². The maximum Gasteiger partial charge on any atom is 0.331 e. The molecule has 2 aliphatic heterocycles. The molecule has 0 amide bonds. The van der Waals surface area contributed by atoms with Crippen LogP contribution in [0.5, 0.6) is 0 Å². The molecular weight excluding hydrogens is 412 g/mol. The molecule has 178 valence electrons. The lowest BCUT2D eigenvalue weighted by Crippen LogP contribution is -2.81. The zero-order valence-electron chi connectivity index (χ0n) is 19.6. The van der Waals surface area contributed by atoms with Crippen molar-refractivity contribution in [2.75, 3.05) is 6.61 Å². The van der Waals surface area contributed by atoms with E-state index in [1.54, 1.807) is 13.8 Å². The first-order chi connectivity index (χ1) is 14.9. The predicted molar refractivity (Wildman–Crippen MR) is 116 cm³/mol. The minimum absolute atomic E-state index is 0.00812. The third-order valence-corrected chi connectivity index (χ3v) is 8.67. The number of fused-ring (bicyclic) bond motifs is 2. The first-order valence-electron chi connectivity index (χ1n) is 11.8. The molecule has 0 bridgehead atoms. The van der Waals surface area contributed by atoms with Crippen LogP contribution in [0.1, 0.15) is 60.3 Å². The topological polar surface area (TPSA) is 113 Å². The lowest BCUT2D eigenvalue weighted by Gasteiger charge is -2.62. The van der Waals surface area contributed by atoms with Crippen LogP contribution in [0.2, 0.25) is 0 Å². The number of ketones is 1. The van der Waals surface area contributed by atoms with Gasteiger partial charge in [-0.15, -0.1) is 0 Å². The van der Waals surface area contributed by atoms with Crippen LogP contribution in [-0.4, -0.2) is 56.8 Å². The molecule has 0 saturated heterocycles. The molecule has 9 atom stereocenters. The van der Waals surface area contributed by atoms with Crippen LogP contribution in [0, 0.1) is 29.6 Å². The predicted octanol–water partition coefficient (Wildman–Crippen LogP) is 2.28. The van der Waals surface area contributed by atoms with Crippen molar-refractivity contribution in [2.45, 2.75) is 83.4 Å². The number of ether oxygens (including phenoxy) is 2. The summed E-state index contributed by atoms with van der Waals surface area (Å²) in [5.41, 5.74) is -2.96. The van der Waals surface area contributed by atoms with E-state index in [9.17, 15) is 24.9 Å². The molecule has 4 rings (SSSR count). The number of cyclic esters (lactones) is 1. The van der Waals surface area contributed by atoms with Crippen LogP contribution in [0.3, 0.4) is 0 Å². The summed E-state index contributed by atoms with van der Waals surface area (Å²) in [6.07, 6.45) is 4.91. The molecule has 7 nitrogen and oxygen atoms in total. The van der Waals surface area contributed by atoms with E-state index in [0.717, 1.165) is 18.4 Å². The summed E-state index contributed by atoms with van der Waals surface area (Å²) in [5.74, 6) is -4.61. The van der Waals surface area contributed by atoms with E-state index in [4.69, 9.17) is 9.47 Å². The molecule has 2 heterocycles. The van der Waals surface area contributed by atoms with Gasteiger partial charge in [0.05, 0.1) is 6.61 Å². The highest BCUT2D eigenvalue weighted by Gasteiger charge is 2.77. The molecule has 0 aromatic rings. The number of hydrogen-bond donors (Lipinski definition) is 3. The Morgan fingerprint density at radius 3 is 2.53 bits per heavy atom. The summed E-state index contributed by atoms with van der Waals surface area (Å²) in [6.45, 7) is 9.27. The highest BCUT2D eigenvalue weighted by Crippen LogP contribution is 2.62. The Hall–Kier alpha value is -1.54. The Morgan fingerprint density at radius 1 is 1.22 bits per heavy atom. The number of aliphatic hydroxyl groups is 3. The fraction of sp³-hybridized carbons (Fsp3) is 0.760. The quantitative estimate of drug-likeness (QED) is 0.437. The van der Waals surface area contributed by atoms with Crippen LogP contribution < -0.4 is 0 Å². The van der Waals surface area contributed by atoms with Gasteiger partial charge in [0, 0.05) is 23.8 Å². The third kappa shape index (κ3) is 3.08. The minimum Gasteiger partial charge on any atom is -0.455 e. The van der Waals surface area contributed by atoms with Gasteiger partial charge in [0.15, 0.2) is 17.0 Å². The number of carbonyl (C=O) groups is 2. The van der Waals surface area contributed by atoms with Gasteiger partial charge >= 0.3 is 5.97 Å². The minimum atomic E-state index is -2.25. The lowest BCUT2D eigenvalue weighted by atomic mass is 9.51. The summed E-state index contributed by atoms with van der Waals surface area (Å²) in [4.78, 5) is 25.5. The van der Waals surface area contributed by atoms with E-state index in [1.165, 1.54) is 12.2 Å². The Labute approximate surface area is 189 Å². The number of rotatable bonds is 5. The maximum atomic E-state index is 13.9. The Kier molecular flexibility index (Phi) is 5.72. The van der Waals surface area contributed by atoms with Crippen molar-refractivity contribution in [3.05, 3.63) is 23.3 Å². The number of hydrogen-bond acceptors (Lipinski definition) is 7. The monoisotopic (exact) mass is 448 g/mol. The molecule has 2 aliphatic carbocycles. The smallest absolute Gasteiger partial charge is 0.331 e. The van der Waals surface area contributed by atoms with Crippen LogP contribution in [-0.2, 0) is 19.1 Å². The second-order valence-electron chi connectivity index (χ2n) is 10.7. The van der Waals surface area contributed by atoms with E-state index in [2.05, 4.69) is 0 Å². The normalized spacial score (nSPS) is 46.6. The number of Topliss-reactive ketones (excluding diaryl/α,β-unsaturated/α-hetero) is 1. The van der Waals surface area contributed by atoms with E-state index in [-0.39, 0.29) is 30.5 Å². The Balaban J connectivity index is 1.70. The molecule has 4 aliphatic rings. The van der Waals surface area contributed by atoms with Gasteiger partial charge in [0.2, 0.25) is 5.79 Å². The number of esters is 1. The van der Waals surface area contributed by atoms with Crippen molar-refractivity contribution in [1.29, 1.82) is 0 Å². The molecule has 0 aromatic heterocycles. The molecule has 7 heteroatoms. The molecule has 2 fully saturated rings. The van der Waals surface area contributed by atoms with Crippen LogP contribution in [0.25, 0.3) is 0 Å². The van der Waals surface area contributed by atoms with E-state index in [1.807, 2.05) is 20.8 Å². The lowest BCUT2D eigenvalue weighted by molar-refractivity contribution is -0.381. The van der Waals surface area contributed by atoms with Gasteiger partial charge in [0.25, 0.3) is 0 Å². The standard InChI is InChI=1S/C25H36O7/c1-13-11-23(28)24(29,22(27)15(3)7-9-19-16(4)10-20(26)32-19)21-14(2)6-8-18(21)17(5)25(23,30)31-12-13/h10-11,14-15,17-19,21,28-30H,6-9,12H2,1-5H3. The van der Waals surface area contributed by atoms with Gasteiger partial charge in [0.1, 0.15) is 6.10 Å². The fourth-order valence-corrected chi connectivity index (χ4v) is 6.85. The third-order valence-electron chi connectivity index (χ3n) is 8.67. The van der Waals surface area contributed by atoms with Crippen molar-refractivity contribution in [3.63, 3.8) is 0 Å². The first-order valence-corrected chi connectivity index (χ1v) is 11.8. The molecule has 0 radical (unpaired) electrons. The largest absolute Gasteiger partial charge is 0.455 e. The summed E-state index contributed by atoms with van der Waals surface area (Å²) in [5, 5.41) is 35.8. The summed E-state index contributed by atoms with van der Waals surface area (Å²) in [7, 11) is 0. The van der Waals surface area contributed by atoms with Crippen molar-refractivity contribution in [1.82, 2.24) is 0 Å². The molecule has 3 N–H and O–H groups in total. The van der Waals surface area contributed by atoms with E-state index >= 15 is 0 Å². The van der Waals surface area contributed by atoms with Gasteiger partial charge in [-0.3, -0.25) is 4.79 Å². The molecular formula is C25H36O7. The van der Waals surface area contributed by atoms with Crippen molar-refractivity contribution in [2.24, 2.45) is 29.6 Å². The van der Waals surface area contributed by atoms with Crippen molar-refractivity contribution >= 4 is 11.8 Å². The second kappa shape index (κ2) is 7.76. The zero-order chi connectivity index (χ0) is 23.6. The zero-order valence-corrected chi connectivity index (χ0v) is 19.6. The summed E-state index contributed by atoms with van der Waals surface area (Å²) in [6, 6.07) is 0. The Bertz CT molecular complexity index is 878. The molecule has 0 aromatic carbocycles. The van der Waals surface area contributed by atoms with Gasteiger partial charge in [-0.1, -0.05) is 27.2 Å². The molecule has 0 spiro atoms. The van der Waals surface area contributed by atoms with Gasteiger partial charge in [-0.2, -0.15) is 0 Å². The fourth-order valence-electron chi connectivity index (χ4n) is 6.85. The van der Waals surface area contributed by atoms with E-state index in [0.29, 0.717) is 18.4 Å². The average molecular weight is 449 g/mol. The molecule has 32 heavy (non-hydrogen) atoms. The Morgan fingerprint density at radius 2 is 1.91 bits per heavy atom. The average Bonchev–Trinajstić information content (AvgIpc) is 3.27.